The third-order valence-electron chi connectivity index (χ3n) is 3.30. The molecule has 5 nitrogen and oxygen atoms in total. The van der Waals surface area contributed by atoms with E-state index in [-0.39, 0.29) is 17.9 Å². The maximum absolute atomic E-state index is 12.2. The summed E-state index contributed by atoms with van der Waals surface area (Å²) in [6, 6.07) is 7.73. The Morgan fingerprint density at radius 2 is 2.11 bits per heavy atom. The van der Waals surface area contributed by atoms with Gasteiger partial charge in [0.25, 0.3) is 5.91 Å². The molecule has 3 rings (SSSR count). The summed E-state index contributed by atoms with van der Waals surface area (Å²) in [6.07, 6.45) is 1.98. The fraction of sp³-hybridized carbons (Fsp3) is 0.308. The number of amides is 3. The van der Waals surface area contributed by atoms with Crippen LogP contribution in [0.25, 0.3) is 0 Å². The number of carbonyl (C=O) groups is 2. The minimum Gasteiger partial charge on any atom is -0.325 e. The molecule has 1 saturated carbocycles. The minimum atomic E-state index is -0.396. The highest BCUT2D eigenvalue weighted by Gasteiger charge is 2.46. The van der Waals surface area contributed by atoms with E-state index >= 15 is 0 Å². The molecule has 0 spiro atoms. The topological polar surface area (TPSA) is 73.2 Å². The van der Waals surface area contributed by atoms with E-state index in [4.69, 9.17) is 5.26 Å². The standard InChI is InChI=1S/C13H11N3O2/c14-7-8-2-1-3-10(6-8)16-12(17)11(9-4-5-9)15-13(16)18/h1-3,6,9,11H,4-5H2,(H,15,18). The molecule has 18 heavy (non-hydrogen) atoms. The number of nitrogens with zero attached hydrogens (tertiary/aromatic N) is 2. The van der Waals surface area contributed by atoms with Crippen LogP contribution in [0.15, 0.2) is 24.3 Å². The van der Waals surface area contributed by atoms with E-state index in [1.165, 1.54) is 0 Å². The Morgan fingerprint density at radius 1 is 1.33 bits per heavy atom. The van der Waals surface area contributed by atoms with Crippen LogP contribution in [0.3, 0.4) is 0 Å². The molecule has 1 unspecified atom stereocenters. The number of hydrogen-bond acceptors (Lipinski definition) is 3. The summed E-state index contributed by atoms with van der Waals surface area (Å²) < 4.78 is 0. The zero-order valence-corrected chi connectivity index (χ0v) is 9.59. The van der Waals surface area contributed by atoms with Gasteiger partial charge in [0.1, 0.15) is 6.04 Å². The Balaban J connectivity index is 1.93. The van der Waals surface area contributed by atoms with E-state index < -0.39 is 6.03 Å². The fourth-order valence-electron chi connectivity index (χ4n) is 2.21. The van der Waals surface area contributed by atoms with Gasteiger partial charge in [-0.05, 0) is 37.0 Å². The van der Waals surface area contributed by atoms with E-state index in [1.54, 1.807) is 24.3 Å². The maximum atomic E-state index is 12.2. The van der Waals surface area contributed by atoms with E-state index in [2.05, 4.69) is 5.32 Å². The second-order valence-corrected chi connectivity index (χ2v) is 4.60. The lowest BCUT2D eigenvalue weighted by Gasteiger charge is -2.12. The fourth-order valence-corrected chi connectivity index (χ4v) is 2.21. The van der Waals surface area contributed by atoms with Crippen LogP contribution in [-0.4, -0.2) is 18.0 Å². The van der Waals surface area contributed by atoms with Gasteiger partial charge in [-0.3, -0.25) is 4.79 Å². The van der Waals surface area contributed by atoms with Gasteiger partial charge >= 0.3 is 6.03 Å². The van der Waals surface area contributed by atoms with Crippen molar-refractivity contribution in [1.82, 2.24) is 5.32 Å². The van der Waals surface area contributed by atoms with Crippen LogP contribution in [0.1, 0.15) is 18.4 Å². The van der Waals surface area contributed by atoms with Crippen molar-refractivity contribution in [2.45, 2.75) is 18.9 Å². The number of carbonyl (C=O) groups excluding carboxylic acids is 2. The van der Waals surface area contributed by atoms with Crippen molar-refractivity contribution < 1.29 is 9.59 Å². The third kappa shape index (κ3) is 1.63. The Labute approximate surface area is 104 Å². The van der Waals surface area contributed by atoms with Crippen LogP contribution < -0.4 is 10.2 Å². The molecule has 1 aliphatic carbocycles. The number of urea groups is 1. The lowest BCUT2D eigenvalue weighted by molar-refractivity contribution is -0.118. The van der Waals surface area contributed by atoms with Crippen molar-refractivity contribution in [3.05, 3.63) is 29.8 Å². The Morgan fingerprint density at radius 3 is 2.78 bits per heavy atom. The molecular formula is C13H11N3O2. The molecule has 2 aliphatic rings. The zero-order valence-electron chi connectivity index (χ0n) is 9.59. The van der Waals surface area contributed by atoms with Gasteiger partial charge in [0, 0.05) is 0 Å². The summed E-state index contributed by atoms with van der Waals surface area (Å²) in [6.45, 7) is 0. The van der Waals surface area contributed by atoms with Gasteiger partial charge in [-0.2, -0.15) is 5.26 Å². The van der Waals surface area contributed by atoms with Crippen molar-refractivity contribution >= 4 is 17.6 Å². The van der Waals surface area contributed by atoms with Gasteiger partial charge in [0.05, 0.1) is 17.3 Å². The van der Waals surface area contributed by atoms with Gasteiger partial charge in [-0.25, -0.2) is 9.69 Å². The monoisotopic (exact) mass is 241 g/mol. The van der Waals surface area contributed by atoms with Crippen LogP contribution in [0.5, 0.6) is 0 Å². The second kappa shape index (κ2) is 3.84. The number of imide groups is 1. The van der Waals surface area contributed by atoms with Gasteiger partial charge < -0.3 is 5.32 Å². The molecule has 0 aromatic heterocycles. The first-order valence-corrected chi connectivity index (χ1v) is 5.85. The summed E-state index contributed by atoms with van der Waals surface area (Å²) in [7, 11) is 0. The van der Waals surface area contributed by atoms with Gasteiger partial charge in [-0.15, -0.1) is 0 Å². The largest absolute Gasteiger partial charge is 0.329 e. The smallest absolute Gasteiger partial charge is 0.325 e. The van der Waals surface area contributed by atoms with E-state index in [0.29, 0.717) is 11.3 Å². The van der Waals surface area contributed by atoms with Crippen LogP contribution in [0, 0.1) is 17.2 Å². The summed E-state index contributed by atoms with van der Waals surface area (Å²) in [5, 5.41) is 11.5. The van der Waals surface area contributed by atoms with Crippen LogP contribution in [-0.2, 0) is 4.79 Å². The predicted molar refractivity (Wildman–Crippen MR) is 63.7 cm³/mol. The summed E-state index contributed by atoms with van der Waals surface area (Å²) in [5.41, 5.74) is 0.891. The lowest BCUT2D eigenvalue weighted by atomic mass is 10.1. The molecule has 0 radical (unpaired) electrons. The molecule has 1 N–H and O–H groups in total. The summed E-state index contributed by atoms with van der Waals surface area (Å²) in [4.78, 5) is 25.1. The molecule has 1 heterocycles. The van der Waals surface area contributed by atoms with Gasteiger partial charge in [0.2, 0.25) is 0 Å². The van der Waals surface area contributed by atoms with Gasteiger partial charge in [0.15, 0.2) is 0 Å². The van der Waals surface area contributed by atoms with E-state index in [0.717, 1.165) is 17.7 Å². The predicted octanol–water partition coefficient (Wildman–Crippen LogP) is 1.39. The second-order valence-electron chi connectivity index (χ2n) is 4.60. The molecule has 90 valence electrons. The third-order valence-corrected chi connectivity index (χ3v) is 3.30. The first-order chi connectivity index (χ1) is 8.70. The first-order valence-electron chi connectivity index (χ1n) is 5.85. The minimum absolute atomic E-state index is 0.211. The highest BCUT2D eigenvalue weighted by atomic mass is 16.2. The molecular weight excluding hydrogens is 230 g/mol. The van der Waals surface area contributed by atoms with E-state index in [1.807, 2.05) is 6.07 Å². The molecule has 5 heteroatoms. The van der Waals surface area contributed by atoms with Crippen molar-refractivity contribution in [2.75, 3.05) is 4.90 Å². The van der Waals surface area contributed by atoms with Crippen molar-refractivity contribution in [3.63, 3.8) is 0 Å². The Bertz CT molecular complexity index is 572. The molecule has 0 bridgehead atoms. The summed E-state index contributed by atoms with van der Waals surface area (Å²) in [5.74, 6) is 0.0724. The number of nitrogens with one attached hydrogen (secondary N) is 1. The molecule has 1 aromatic carbocycles. The number of anilines is 1. The van der Waals surface area contributed by atoms with Crippen LogP contribution in [0.4, 0.5) is 10.5 Å². The molecule has 1 saturated heterocycles. The number of benzene rings is 1. The number of hydrogen-bond donors (Lipinski definition) is 1. The van der Waals surface area contributed by atoms with Crippen LogP contribution >= 0.6 is 0 Å². The maximum Gasteiger partial charge on any atom is 0.329 e. The summed E-state index contributed by atoms with van der Waals surface area (Å²) >= 11 is 0. The Kier molecular flexibility index (Phi) is 2.30. The van der Waals surface area contributed by atoms with Crippen LogP contribution in [0.2, 0.25) is 0 Å². The average molecular weight is 241 g/mol. The number of rotatable bonds is 2. The highest BCUT2D eigenvalue weighted by molar-refractivity contribution is 6.21. The zero-order chi connectivity index (χ0) is 12.7. The van der Waals surface area contributed by atoms with Crippen molar-refractivity contribution in [3.8, 4) is 6.07 Å². The van der Waals surface area contributed by atoms with Gasteiger partial charge in [-0.1, -0.05) is 6.07 Å². The normalized spacial score (nSPS) is 22.8. The first kappa shape index (κ1) is 10.8. The van der Waals surface area contributed by atoms with E-state index in [9.17, 15) is 9.59 Å². The SMILES string of the molecule is N#Cc1cccc(N2C(=O)NC(C3CC3)C2=O)c1. The molecule has 3 amide bonds. The average Bonchev–Trinajstić information content (AvgIpc) is 3.16. The highest BCUT2D eigenvalue weighted by Crippen LogP contribution is 2.36. The van der Waals surface area contributed by atoms with Crippen molar-refractivity contribution in [1.29, 1.82) is 5.26 Å². The lowest BCUT2D eigenvalue weighted by Crippen LogP contribution is -2.32. The molecule has 1 aromatic rings. The van der Waals surface area contributed by atoms with Crippen molar-refractivity contribution in [2.24, 2.45) is 5.92 Å². The molecule has 1 aliphatic heterocycles. The Hall–Kier alpha value is -2.35. The number of nitriles is 1. The quantitative estimate of drug-likeness (QED) is 0.795. The molecule has 2 fully saturated rings. The molecule has 1 atom stereocenters.